The number of hydrogen-bond donors (Lipinski definition) is 0. The maximum absolute atomic E-state index is 12.3. The molecule has 0 radical (unpaired) electrons. The van der Waals surface area contributed by atoms with Crippen molar-refractivity contribution in [3.8, 4) is 33.8 Å². The van der Waals surface area contributed by atoms with E-state index in [0.717, 1.165) is 46.2 Å². The Morgan fingerprint density at radius 2 is 1.48 bits per heavy atom. The van der Waals surface area contributed by atoms with Gasteiger partial charge in [0.25, 0.3) is 0 Å². The van der Waals surface area contributed by atoms with Gasteiger partial charge in [0.15, 0.2) is 17.3 Å². The first-order valence-electron chi connectivity index (χ1n) is 13.0. The molecule has 0 fully saturated rings. The van der Waals surface area contributed by atoms with Gasteiger partial charge in [-0.1, -0.05) is 62.2 Å². The van der Waals surface area contributed by atoms with Crippen LogP contribution in [0.15, 0.2) is 91.6 Å². The second kappa shape index (κ2) is 12.1. The molecule has 6 nitrogen and oxygen atoms in total. The first-order chi connectivity index (χ1) is 19.1. The Kier molecular flexibility index (Phi) is 8.61. The van der Waals surface area contributed by atoms with E-state index in [1.807, 2.05) is 13.0 Å². The van der Waals surface area contributed by atoms with Crippen LogP contribution in [-0.4, -0.2) is 24.3 Å². The standard InChI is InChI=1S/C34H32O6/c1-7-27(35)19-38-30-14-11-26-17-25(9-13-29(26)30)28-12-8-23(16-22(28)6)24-10-15-31(39-33(36)20(2)3)32(18-24)40-34(37)21(4)5/h7-10,12-13,15-18,30H,1-2,4,11,14,19H2,3,5-6H3. The van der Waals surface area contributed by atoms with E-state index in [9.17, 15) is 14.4 Å². The minimum Gasteiger partial charge on any atom is -0.419 e. The molecule has 0 saturated heterocycles. The van der Waals surface area contributed by atoms with Crippen molar-refractivity contribution in [2.24, 2.45) is 0 Å². The molecule has 1 aliphatic rings. The van der Waals surface area contributed by atoms with Crippen LogP contribution in [0.2, 0.25) is 0 Å². The van der Waals surface area contributed by atoms with Crippen molar-refractivity contribution in [3.05, 3.63) is 108 Å². The Morgan fingerprint density at radius 3 is 2.12 bits per heavy atom. The van der Waals surface area contributed by atoms with Gasteiger partial charge >= 0.3 is 11.9 Å². The fourth-order valence-corrected chi connectivity index (χ4v) is 4.55. The molecule has 40 heavy (non-hydrogen) atoms. The monoisotopic (exact) mass is 536 g/mol. The van der Waals surface area contributed by atoms with Crippen LogP contribution in [0.1, 0.15) is 43.1 Å². The zero-order valence-electron chi connectivity index (χ0n) is 23.0. The highest BCUT2D eigenvalue weighted by molar-refractivity contribution is 5.92. The summed E-state index contributed by atoms with van der Waals surface area (Å²) in [6, 6.07) is 17.6. The number of fused-ring (bicyclic) bond motifs is 1. The second-order valence-electron chi connectivity index (χ2n) is 9.95. The highest BCUT2D eigenvalue weighted by Gasteiger charge is 2.24. The van der Waals surface area contributed by atoms with Gasteiger partial charge in [0, 0.05) is 11.1 Å². The number of ketones is 1. The first-order valence-corrected chi connectivity index (χ1v) is 13.0. The molecule has 0 saturated carbocycles. The van der Waals surface area contributed by atoms with E-state index in [2.05, 4.69) is 50.1 Å². The third kappa shape index (κ3) is 6.35. The summed E-state index contributed by atoms with van der Waals surface area (Å²) in [5.41, 5.74) is 7.76. The fourth-order valence-electron chi connectivity index (χ4n) is 4.55. The van der Waals surface area contributed by atoms with Crippen LogP contribution in [0, 0.1) is 6.92 Å². The van der Waals surface area contributed by atoms with Crippen molar-refractivity contribution < 1.29 is 28.6 Å². The van der Waals surface area contributed by atoms with E-state index in [0.29, 0.717) is 0 Å². The molecule has 3 aromatic rings. The van der Waals surface area contributed by atoms with Crippen molar-refractivity contribution in [1.29, 1.82) is 0 Å². The topological polar surface area (TPSA) is 78.9 Å². The Hall–Kier alpha value is -4.55. The van der Waals surface area contributed by atoms with Gasteiger partial charge in [0.05, 0.1) is 6.10 Å². The number of ether oxygens (including phenoxy) is 3. The van der Waals surface area contributed by atoms with Gasteiger partial charge < -0.3 is 14.2 Å². The van der Waals surface area contributed by atoms with Crippen molar-refractivity contribution in [2.75, 3.05) is 6.61 Å². The molecule has 0 aliphatic heterocycles. The highest BCUT2D eigenvalue weighted by Crippen LogP contribution is 2.39. The Balaban J connectivity index is 1.60. The number of carbonyl (C=O) groups is 3. The average molecular weight is 537 g/mol. The lowest BCUT2D eigenvalue weighted by atomic mass is 9.94. The molecular weight excluding hydrogens is 504 g/mol. The zero-order chi connectivity index (χ0) is 29.0. The van der Waals surface area contributed by atoms with Crippen LogP contribution in [0.5, 0.6) is 11.5 Å². The average Bonchev–Trinajstić information content (AvgIpc) is 3.34. The smallest absolute Gasteiger partial charge is 0.338 e. The van der Waals surface area contributed by atoms with Crippen molar-refractivity contribution >= 4 is 17.7 Å². The largest absolute Gasteiger partial charge is 0.419 e. The number of aryl methyl sites for hydroxylation is 2. The molecule has 3 aromatic carbocycles. The minimum atomic E-state index is -0.618. The first kappa shape index (κ1) is 28.5. The van der Waals surface area contributed by atoms with E-state index in [-0.39, 0.29) is 41.1 Å². The minimum absolute atomic E-state index is 0.0430. The molecule has 0 N–H and O–H groups in total. The summed E-state index contributed by atoms with van der Waals surface area (Å²) in [6.45, 7) is 15.9. The molecule has 1 aliphatic carbocycles. The summed E-state index contributed by atoms with van der Waals surface area (Å²) in [4.78, 5) is 35.9. The van der Waals surface area contributed by atoms with Gasteiger partial charge in [-0.2, -0.15) is 0 Å². The quantitative estimate of drug-likeness (QED) is 0.157. The molecule has 204 valence electrons. The van der Waals surface area contributed by atoms with Gasteiger partial charge in [0.2, 0.25) is 0 Å². The third-order valence-corrected chi connectivity index (χ3v) is 6.74. The Bertz CT molecular complexity index is 1540. The van der Waals surface area contributed by atoms with Gasteiger partial charge in [-0.25, -0.2) is 9.59 Å². The van der Waals surface area contributed by atoms with Crippen LogP contribution in [0.25, 0.3) is 22.3 Å². The lowest BCUT2D eigenvalue weighted by Crippen LogP contribution is -2.12. The van der Waals surface area contributed by atoms with Crippen LogP contribution in [-0.2, 0) is 25.5 Å². The molecule has 0 bridgehead atoms. The molecular formula is C34H32O6. The predicted octanol–water partition coefficient (Wildman–Crippen LogP) is 7.05. The summed E-state index contributed by atoms with van der Waals surface area (Å²) in [5, 5.41) is 0. The molecule has 0 heterocycles. The molecule has 4 rings (SSSR count). The van der Waals surface area contributed by atoms with Crippen LogP contribution in [0.4, 0.5) is 0 Å². The normalized spacial score (nSPS) is 13.7. The van der Waals surface area contributed by atoms with Crippen molar-refractivity contribution in [1.82, 2.24) is 0 Å². The van der Waals surface area contributed by atoms with Crippen molar-refractivity contribution in [3.63, 3.8) is 0 Å². The number of benzene rings is 3. The van der Waals surface area contributed by atoms with Gasteiger partial charge in [-0.3, -0.25) is 4.79 Å². The van der Waals surface area contributed by atoms with Crippen molar-refractivity contribution in [2.45, 2.75) is 39.7 Å². The summed E-state index contributed by atoms with van der Waals surface area (Å²) in [5.74, 6) is -1.11. The van der Waals surface area contributed by atoms with E-state index >= 15 is 0 Å². The molecule has 0 amide bonds. The molecule has 0 aromatic heterocycles. The Labute approximate surface area is 234 Å². The predicted molar refractivity (Wildman–Crippen MR) is 155 cm³/mol. The third-order valence-electron chi connectivity index (χ3n) is 6.74. The number of carbonyl (C=O) groups excluding carboxylic acids is 3. The second-order valence-corrected chi connectivity index (χ2v) is 9.95. The van der Waals surface area contributed by atoms with E-state index in [4.69, 9.17) is 14.2 Å². The van der Waals surface area contributed by atoms with Gasteiger partial charge in [0.1, 0.15) is 6.61 Å². The number of hydrogen-bond acceptors (Lipinski definition) is 6. The summed E-state index contributed by atoms with van der Waals surface area (Å²) >= 11 is 0. The summed E-state index contributed by atoms with van der Waals surface area (Å²) in [7, 11) is 0. The zero-order valence-corrected chi connectivity index (χ0v) is 23.0. The maximum atomic E-state index is 12.3. The summed E-state index contributed by atoms with van der Waals surface area (Å²) < 4.78 is 16.7. The molecule has 6 heteroatoms. The van der Waals surface area contributed by atoms with Crippen LogP contribution < -0.4 is 9.47 Å². The number of rotatable bonds is 10. The molecule has 1 unspecified atom stereocenters. The fraction of sp³-hybridized carbons (Fsp3) is 0.206. The van der Waals surface area contributed by atoms with Gasteiger partial charge in [-0.05, 0) is 90.8 Å². The van der Waals surface area contributed by atoms with E-state index < -0.39 is 11.9 Å². The molecule has 0 spiro atoms. The van der Waals surface area contributed by atoms with E-state index in [1.54, 1.807) is 32.0 Å². The lowest BCUT2D eigenvalue weighted by molar-refractivity contribution is -0.132. The number of esters is 2. The van der Waals surface area contributed by atoms with Crippen LogP contribution >= 0.6 is 0 Å². The lowest BCUT2D eigenvalue weighted by Gasteiger charge is -2.15. The summed E-state index contributed by atoms with van der Waals surface area (Å²) in [6.07, 6.45) is 2.94. The van der Waals surface area contributed by atoms with E-state index in [1.165, 1.54) is 11.6 Å². The highest BCUT2D eigenvalue weighted by atomic mass is 16.6. The Morgan fingerprint density at radius 1 is 0.850 bits per heavy atom. The van der Waals surface area contributed by atoms with Crippen LogP contribution in [0.3, 0.4) is 0 Å². The molecule has 1 atom stereocenters. The maximum Gasteiger partial charge on any atom is 0.338 e. The SMILES string of the molecule is C=CC(=O)COC1CCc2cc(-c3ccc(-c4ccc(OC(=O)C(=C)C)c(OC(=O)C(=C)C)c4)cc3C)ccc21. The van der Waals surface area contributed by atoms with Gasteiger partial charge in [-0.15, -0.1) is 0 Å².